The normalized spacial score (nSPS) is 28.3. The van der Waals surface area contributed by atoms with Crippen LogP contribution in [-0.4, -0.2) is 22.6 Å². The molecular formula is C12H20FN5. The molecule has 1 aromatic rings. The lowest BCUT2D eigenvalue weighted by Crippen LogP contribution is -2.46. The molecule has 0 spiro atoms. The molecule has 0 amide bonds. The molecule has 0 aliphatic carbocycles. The van der Waals surface area contributed by atoms with Crippen molar-refractivity contribution in [1.82, 2.24) is 9.97 Å². The lowest BCUT2D eigenvalue weighted by Gasteiger charge is -2.41. The predicted octanol–water partition coefficient (Wildman–Crippen LogP) is 1.77. The van der Waals surface area contributed by atoms with E-state index in [-0.39, 0.29) is 12.0 Å². The van der Waals surface area contributed by atoms with E-state index in [0.717, 1.165) is 19.2 Å². The van der Waals surface area contributed by atoms with Gasteiger partial charge in [0.1, 0.15) is 0 Å². The van der Waals surface area contributed by atoms with E-state index in [9.17, 15) is 4.39 Å². The first-order valence-electron chi connectivity index (χ1n) is 6.28. The molecule has 0 radical (unpaired) electrons. The fourth-order valence-electron chi connectivity index (χ4n) is 2.62. The number of anilines is 2. The molecule has 100 valence electrons. The number of nitrogens with zero attached hydrogens (tertiary/aromatic N) is 3. The Bertz CT molecular complexity index is 425. The van der Waals surface area contributed by atoms with Crippen LogP contribution in [0.3, 0.4) is 0 Å². The maximum Gasteiger partial charge on any atom is 0.239 e. The lowest BCUT2D eigenvalue weighted by molar-refractivity contribution is 0.293. The van der Waals surface area contributed by atoms with Gasteiger partial charge in [-0.3, -0.25) is 5.43 Å². The Morgan fingerprint density at radius 3 is 2.83 bits per heavy atom. The smallest absolute Gasteiger partial charge is 0.239 e. The first-order chi connectivity index (χ1) is 8.52. The lowest BCUT2D eigenvalue weighted by atomic mass is 9.86. The number of piperidine rings is 1. The number of halogens is 1. The largest absolute Gasteiger partial charge is 0.351 e. The van der Waals surface area contributed by atoms with Gasteiger partial charge in [0, 0.05) is 12.6 Å². The Morgan fingerprint density at radius 1 is 1.44 bits per heavy atom. The summed E-state index contributed by atoms with van der Waals surface area (Å²) in [6, 6.07) is 0.260. The molecule has 0 saturated carbocycles. The van der Waals surface area contributed by atoms with Gasteiger partial charge < -0.3 is 4.90 Å². The van der Waals surface area contributed by atoms with Gasteiger partial charge in [0.2, 0.25) is 5.95 Å². The molecule has 1 saturated heterocycles. The Balaban J connectivity index is 2.34. The van der Waals surface area contributed by atoms with E-state index in [1.807, 2.05) is 4.90 Å². The van der Waals surface area contributed by atoms with Gasteiger partial charge in [-0.1, -0.05) is 13.8 Å². The highest BCUT2D eigenvalue weighted by Crippen LogP contribution is 2.31. The van der Waals surface area contributed by atoms with Crippen molar-refractivity contribution < 1.29 is 4.39 Å². The van der Waals surface area contributed by atoms with Crippen LogP contribution in [0.2, 0.25) is 0 Å². The number of rotatable bonds is 2. The number of aromatic nitrogens is 2. The monoisotopic (exact) mass is 253 g/mol. The summed E-state index contributed by atoms with van der Waals surface area (Å²) in [6.45, 7) is 7.28. The Kier molecular flexibility index (Phi) is 3.65. The second-order valence-electron chi connectivity index (χ2n) is 5.22. The van der Waals surface area contributed by atoms with Gasteiger partial charge in [-0.2, -0.15) is 4.98 Å². The van der Waals surface area contributed by atoms with Crippen molar-refractivity contribution in [2.45, 2.75) is 33.2 Å². The minimum Gasteiger partial charge on any atom is -0.351 e. The van der Waals surface area contributed by atoms with Gasteiger partial charge in [0.05, 0.1) is 6.20 Å². The second-order valence-corrected chi connectivity index (χ2v) is 5.22. The van der Waals surface area contributed by atoms with Crippen LogP contribution in [0.25, 0.3) is 0 Å². The molecule has 2 rings (SSSR count). The van der Waals surface area contributed by atoms with Crippen LogP contribution < -0.4 is 16.2 Å². The van der Waals surface area contributed by atoms with E-state index in [4.69, 9.17) is 5.84 Å². The molecule has 3 unspecified atom stereocenters. The zero-order valence-electron chi connectivity index (χ0n) is 11.0. The molecule has 2 heterocycles. The molecule has 3 atom stereocenters. The van der Waals surface area contributed by atoms with Crippen LogP contribution >= 0.6 is 0 Å². The molecule has 6 heteroatoms. The standard InChI is InChI=1S/C12H20FN5/c1-7-4-8(2)9(3)18(6-7)11-10(13)5-15-12(16-11)17-14/h5,7-9H,4,6,14H2,1-3H3,(H,15,16,17). The Morgan fingerprint density at radius 2 is 2.17 bits per heavy atom. The van der Waals surface area contributed by atoms with E-state index < -0.39 is 5.82 Å². The van der Waals surface area contributed by atoms with Crippen LogP contribution in [0.1, 0.15) is 27.2 Å². The first-order valence-corrected chi connectivity index (χ1v) is 6.28. The Labute approximate surface area is 107 Å². The van der Waals surface area contributed by atoms with E-state index >= 15 is 0 Å². The molecule has 5 nitrogen and oxygen atoms in total. The number of hydrogen-bond acceptors (Lipinski definition) is 5. The number of nitrogens with one attached hydrogen (secondary N) is 1. The third-order valence-electron chi connectivity index (χ3n) is 3.72. The van der Waals surface area contributed by atoms with Crippen molar-refractivity contribution in [1.29, 1.82) is 0 Å². The summed E-state index contributed by atoms with van der Waals surface area (Å²) in [5, 5.41) is 0. The first kappa shape index (κ1) is 13.0. The topological polar surface area (TPSA) is 67.1 Å². The van der Waals surface area contributed by atoms with Gasteiger partial charge in [-0.25, -0.2) is 15.2 Å². The van der Waals surface area contributed by atoms with Gasteiger partial charge in [-0.15, -0.1) is 0 Å². The molecule has 3 N–H and O–H groups in total. The second kappa shape index (κ2) is 5.06. The van der Waals surface area contributed by atoms with E-state index in [1.54, 1.807) is 0 Å². The summed E-state index contributed by atoms with van der Waals surface area (Å²) in [5.41, 5.74) is 2.36. The third kappa shape index (κ3) is 2.38. The summed E-state index contributed by atoms with van der Waals surface area (Å²) >= 11 is 0. The molecule has 0 bridgehead atoms. The van der Waals surface area contributed by atoms with Gasteiger partial charge >= 0.3 is 0 Å². The average molecular weight is 253 g/mol. The minimum atomic E-state index is -0.401. The van der Waals surface area contributed by atoms with Gasteiger partial charge in [0.25, 0.3) is 0 Å². The SMILES string of the molecule is CC1CC(C)C(C)N(c2nc(NN)ncc2F)C1. The molecule has 1 fully saturated rings. The fourth-order valence-corrected chi connectivity index (χ4v) is 2.62. The van der Waals surface area contributed by atoms with Crippen molar-refractivity contribution >= 4 is 11.8 Å². The van der Waals surface area contributed by atoms with Crippen LogP contribution in [0.15, 0.2) is 6.20 Å². The summed E-state index contributed by atoms with van der Waals surface area (Å²) in [5.74, 6) is 6.49. The van der Waals surface area contributed by atoms with Crippen molar-refractivity contribution in [3.63, 3.8) is 0 Å². The van der Waals surface area contributed by atoms with E-state index in [2.05, 4.69) is 36.2 Å². The number of nitrogen functional groups attached to an aromatic ring is 1. The predicted molar refractivity (Wildman–Crippen MR) is 69.6 cm³/mol. The van der Waals surface area contributed by atoms with Crippen LogP contribution in [-0.2, 0) is 0 Å². The molecule has 1 aromatic heterocycles. The number of hydrazine groups is 1. The van der Waals surface area contributed by atoms with Gasteiger partial charge in [0.15, 0.2) is 11.6 Å². The number of nitrogens with two attached hydrogens (primary N) is 1. The highest BCUT2D eigenvalue weighted by molar-refractivity contribution is 5.45. The highest BCUT2D eigenvalue weighted by atomic mass is 19.1. The molecule has 1 aliphatic rings. The molecule has 0 aromatic carbocycles. The summed E-state index contributed by atoms with van der Waals surface area (Å²) < 4.78 is 13.9. The van der Waals surface area contributed by atoms with E-state index in [1.165, 1.54) is 0 Å². The zero-order valence-corrected chi connectivity index (χ0v) is 11.0. The maximum atomic E-state index is 13.9. The zero-order chi connectivity index (χ0) is 13.3. The molecule has 1 aliphatic heterocycles. The minimum absolute atomic E-state index is 0.240. The van der Waals surface area contributed by atoms with Crippen molar-refractivity contribution in [2.75, 3.05) is 16.9 Å². The van der Waals surface area contributed by atoms with E-state index in [0.29, 0.717) is 17.7 Å². The quantitative estimate of drug-likeness (QED) is 0.621. The van der Waals surface area contributed by atoms with Gasteiger partial charge in [-0.05, 0) is 25.2 Å². The highest BCUT2D eigenvalue weighted by Gasteiger charge is 2.31. The van der Waals surface area contributed by atoms with Crippen molar-refractivity contribution in [3.8, 4) is 0 Å². The van der Waals surface area contributed by atoms with Crippen LogP contribution in [0.5, 0.6) is 0 Å². The third-order valence-corrected chi connectivity index (χ3v) is 3.72. The van der Waals surface area contributed by atoms with Crippen LogP contribution in [0.4, 0.5) is 16.2 Å². The summed E-state index contributed by atoms with van der Waals surface area (Å²) in [7, 11) is 0. The molecule has 18 heavy (non-hydrogen) atoms. The maximum absolute atomic E-state index is 13.9. The molecular weight excluding hydrogens is 233 g/mol. The summed E-state index contributed by atoms with van der Waals surface area (Å²) in [6.07, 6.45) is 2.32. The fraction of sp³-hybridized carbons (Fsp3) is 0.667. The summed E-state index contributed by atoms with van der Waals surface area (Å²) in [4.78, 5) is 9.91. The van der Waals surface area contributed by atoms with Crippen molar-refractivity contribution in [3.05, 3.63) is 12.0 Å². The average Bonchev–Trinajstić information content (AvgIpc) is 2.34. The Hall–Kier alpha value is -1.43. The van der Waals surface area contributed by atoms with Crippen molar-refractivity contribution in [2.24, 2.45) is 17.7 Å². The van der Waals surface area contributed by atoms with Crippen LogP contribution in [0, 0.1) is 17.7 Å². The number of hydrogen-bond donors (Lipinski definition) is 2.